The number of nitrogens with zero attached hydrogens (tertiary/aromatic N) is 2. The highest BCUT2D eigenvalue weighted by molar-refractivity contribution is 8.76. The lowest BCUT2D eigenvalue weighted by Crippen LogP contribution is -2.61. The minimum atomic E-state index is -1.77. The normalized spacial score (nSPS) is 21.7. The number of carbonyl (C=O) groups is 11. The lowest BCUT2D eigenvalue weighted by molar-refractivity contribution is -0.142. The summed E-state index contributed by atoms with van der Waals surface area (Å²) in [6.45, 7) is -0.404. The molecule has 7 atom stereocenters. The minimum absolute atomic E-state index is 0.0120. The Kier molecular flexibility index (Phi) is 23.7. The van der Waals surface area contributed by atoms with E-state index < -0.39 is 133 Å². The number of hydrogen-bond acceptors (Lipinski definition) is 15. The van der Waals surface area contributed by atoms with Crippen molar-refractivity contribution in [2.75, 3.05) is 31.1 Å². The van der Waals surface area contributed by atoms with Gasteiger partial charge in [-0.3, -0.25) is 57.7 Å². The molecule has 0 spiro atoms. The average Bonchev–Trinajstić information content (AvgIpc) is 3.84. The minimum Gasteiger partial charge on any atom is -0.508 e. The SMILES string of the molecule is NC(=O)CC[C@@H]1NC(=O)[C@H](Cc2ccccc2)NC(=O)[C@H](Cc2cccc(O)c2)NC(=O)CCSSC[C@@H](C(=O)N2CCC[C@H]2C(=O)N[C@H](CCCN=C(N)N)C(=O)NCC(N)=O)NC(=O)[C@H](CC(N)=O)NC1=O. The van der Waals surface area contributed by atoms with Crippen LogP contribution in [0.3, 0.4) is 0 Å². The number of likely N-dealkylation sites (tertiary alicyclic amines) is 1. The summed E-state index contributed by atoms with van der Waals surface area (Å²) in [4.78, 5) is 153. The molecule has 2 fully saturated rings. The van der Waals surface area contributed by atoms with Crippen LogP contribution in [0.5, 0.6) is 5.75 Å². The Morgan fingerprint density at radius 2 is 1.38 bits per heavy atom. The largest absolute Gasteiger partial charge is 0.508 e. The number of rotatable bonds is 19. The first kappa shape index (κ1) is 58.9. The van der Waals surface area contributed by atoms with Crippen LogP contribution in [0.15, 0.2) is 59.6 Å². The van der Waals surface area contributed by atoms with Gasteiger partial charge < -0.3 is 75.9 Å². The van der Waals surface area contributed by atoms with E-state index in [2.05, 4.69) is 42.2 Å². The lowest BCUT2D eigenvalue weighted by Gasteiger charge is -2.31. The van der Waals surface area contributed by atoms with Crippen molar-refractivity contribution in [3.63, 3.8) is 0 Å². The highest BCUT2D eigenvalue weighted by atomic mass is 33.1. The number of aromatic hydroxyl groups is 1. The van der Waals surface area contributed by atoms with Gasteiger partial charge in [-0.2, -0.15) is 0 Å². The molecule has 2 aromatic carbocycles. The Hall–Kier alpha value is -7.62. The van der Waals surface area contributed by atoms with Crippen molar-refractivity contribution in [3.05, 3.63) is 65.7 Å². The van der Waals surface area contributed by atoms with E-state index in [-0.39, 0.29) is 74.8 Å². The Balaban J connectivity index is 1.69. The Labute approximate surface area is 433 Å². The summed E-state index contributed by atoms with van der Waals surface area (Å²) >= 11 is 0. The van der Waals surface area contributed by atoms with Crippen molar-refractivity contribution in [1.29, 1.82) is 0 Å². The Morgan fingerprint density at radius 1 is 0.743 bits per heavy atom. The van der Waals surface area contributed by atoms with E-state index in [1.54, 1.807) is 42.5 Å². The molecular formula is C46H64N14O12S2. The zero-order valence-electron chi connectivity index (χ0n) is 40.4. The fraction of sp³-hybridized carbons (Fsp3) is 0.478. The van der Waals surface area contributed by atoms with E-state index in [1.165, 1.54) is 17.0 Å². The van der Waals surface area contributed by atoms with Crippen molar-refractivity contribution >= 4 is 92.5 Å². The van der Waals surface area contributed by atoms with Crippen LogP contribution in [0, 0.1) is 0 Å². The monoisotopic (exact) mass is 1070 g/mol. The Morgan fingerprint density at radius 3 is 2.04 bits per heavy atom. The third kappa shape index (κ3) is 20.1. The molecule has 2 heterocycles. The molecule has 28 heteroatoms. The van der Waals surface area contributed by atoms with E-state index in [1.807, 2.05) is 0 Å². The fourth-order valence-corrected chi connectivity index (χ4v) is 9.98. The number of aliphatic imine (C=N–C) groups is 1. The molecule has 0 aromatic heterocycles. The number of nitrogens with one attached hydrogen (secondary N) is 7. The first-order valence-corrected chi connectivity index (χ1v) is 26.0. The standard InChI is InChI=1S/C46H64N14O12S2/c47-35(62)14-13-29-40(67)58-32(22-36(48)63)43(70)59-33(45(72)60-17-6-12-34(60)44(71)56-28(11-5-16-52-46(50)51)39(66)53-23-37(49)64)24-74-73-18-15-38(65)54-30(21-26-9-4-10-27(61)19-26)41(68)57-31(42(69)55-29)20-25-7-2-1-3-8-25/h1-4,7-10,19,28-34,61H,5-6,11-18,20-24H2,(H2,47,62)(H2,48,63)(H2,49,64)(H,53,66)(H,54,65)(H,55,69)(H,56,71)(H,57,68)(H,58,67)(H,59,70)(H4,50,51,52)/t28-,29+,30+,31+,32+,33+,34+/m1/s1. The fourth-order valence-electron chi connectivity index (χ4n) is 7.83. The van der Waals surface area contributed by atoms with Crippen molar-refractivity contribution in [2.45, 2.75) is 107 Å². The maximum atomic E-state index is 14.6. The van der Waals surface area contributed by atoms with Crippen LogP contribution in [0.25, 0.3) is 0 Å². The van der Waals surface area contributed by atoms with Crippen LogP contribution in [0.2, 0.25) is 0 Å². The summed E-state index contributed by atoms with van der Waals surface area (Å²) in [7, 11) is 2.18. The number of primary amides is 3. The number of amides is 11. The molecular weight excluding hydrogens is 1000 g/mol. The average molecular weight is 1070 g/mol. The number of phenolic OH excluding ortho intramolecular Hbond substituents is 1. The molecule has 26 nitrogen and oxygen atoms in total. The predicted octanol–water partition coefficient (Wildman–Crippen LogP) is -4.34. The van der Waals surface area contributed by atoms with Crippen molar-refractivity contribution in [2.24, 2.45) is 33.7 Å². The molecule has 2 saturated heterocycles. The van der Waals surface area contributed by atoms with Gasteiger partial charge in [-0.25, -0.2) is 0 Å². The van der Waals surface area contributed by atoms with Crippen molar-refractivity contribution in [1.82, 2.24) is 42.1 Å². The van der Waals surface area contributed by atoms with Crippen molar-refractivity contribution in [3.8, 4) is 5.75 Å². The molecule has 11 amide bonds. The third-order valence-electron chi connectivity index (χ3n) is 11.5. The van der Waals surface area contributed by atoms with E-state index in [0.29, 0.717) is 17.5 Å². The van der Waals surface area contributed by atoms with Crippen LogP contribution in [0.1, 0.15) is 62.5 Å². The summed E-state index contributed by atoms with van der Waals surface area (Å²) < 4.78 is 0. The van der Waals surface area contributed by atoms with Gasteiger partial charge in [0.1, 0.15) is 48.0 Å². The van der Waals surface area contributed by atoms with Gasteiger partial charge in [-0.1, -0.05) is 64.1 Å². The summed E-state index contributed by atoms with van der Waals surface area (Å²) in [5.74, 6) is -9.88. The predicted molar refractivity (Wildman–Crippen MR) is 272 cm³/mol. The summed E-state index contributed by atoms with van der Waals surface area (Å²) in [6.07, 6.45) is -1.41. The molecule has 74 heavy (non-hydrogen) atoms. The van der Waals surface area contributed by atoms with Crippen LogP contribution in [-0.4, -0.2) is 154 Å². The van der Waals surface area contributed by atoms with Gasteiger partial charge in [-0.15, -0.1) is 0 Å². The maximum absolute atomic E-state index is 14.6. The molecule has 0 bridgehead atoms. The molecule has 402 valence electrons. The third-order valence-corrected chi connectivity index (χ3v) is 13.9. The number of nitrogens with two attached hydrogens (primary N) is 5. The molecule has 0 aliphatic carbocycles. The van der Waals surface area contributed by atoms with E-state index in [0.717, 1.165) is 21.6 Å². The molecule has 2 aliphatic heterocycles. The Bertz CT molecular complexity index is 2400. The second-order valence-corrected chi connectivity index (χ2v) is 20.0. The van der Waals surface area contributed by atoms with Crippen LogP contribution in [0.4, 0.5) is 0 Å². The van der Waals surface area contributed by atoms with Gasteiger partial charge in [0, 0.05) is 50.3 Å². The van der Waals surface area contributed by atoms with Gasteiger partial charge >= 0.3 is 0 Å². The second kappa shape index (κ2) is 29.8. The van der Waals surface area contributed by atoms with E-state index in [4.69, 9.17) is 28.7 Å². The number of hydrogen-bond donors (Lipinski definition) is 13. The molecule has 2 aliphatic rings. The van der Waals surface area contributed by atoms with Gasteiger partial charge in [0.05, 0.1) is 13.0 Å². The van der Waals surface area contributed by atoms with Gasteiger partial charge in [0.2, 0.25) is 65.0 Å². The van der Waals surface area contributed by atoms with Crippen LogP contribution >= 0.6 is 21.6 Å². The van der Waals surface area contributed by atoms with E-state index >= 15 is 0 Å². The molecule has 0 radical (unpaired) electrons. The number of carbonyl (C=O) groups excluding carboxylic acids is 11. The first-order chi connectivity index (χ1) is 35.2. The van der Waals surface area contributed by atoms with Gasteiger partial charge in [0.15, 0.2) is 5.96 Å². The zero-order valence-corrected chi connectivity index (χ0v) is 42.0. The van der Waals surface area contributed by atoms with Gasteiger partial charge in [0.25, 0.3) is 0 Å². The number of phenols is 1. The number of guanidine groups is 1. The van der Waals surface area contributed by atoms with Crippen molar-refractivity contribution < 1.29 is 57.8 Å². The molecule has 0 unspecified atom stereocenters. The highest BCUT2D eigenvalue weighted by Crippen LogP contribution is 2.26. The lowest BCUT2D eigenvalue weighted by atomic mass is 10.0. The van der Waals surface area contributed by atoms with Crippen LogP contribution in [-0.2, 0) is 65.6 Å². The molecule has 0 saturated carbocycles. The summed E-state index contributed by atoms with van der Waals surface area (Å²) in [5.41, 5.74) is 28.0. The maximum Gasteiger partial charge on any atom is 0.246 e. The molecule has 18 N–H and O–H groups in total. The summed E-state index contributed by atoms with van der Waals surface area (Å²) in [5, 5.41) is 28.0. The molecule has 2 aromatic rings. The zero-order chi connectivity index (χ0) is 54.3. The second-order valence-electron chi connectivity index (χ2n) is 17.3. The topological polar surface area (TPSA) is 438 Å². The smallest absolute Gasteiger partial charge is 0.246 e. The summed E-state index contributed by atoms with van der Waals surface area (Å²) in [6, 6.07) is 4.55. The molecule has 4 rings (SSSR count). The van der Waals surface area contributed by atoms with Crippen LogP contribution < -0.4 is 65.9 Å². The first-order valence-electron chi connectivity index (χ1n) is 23.6. The quantitative estimate of drug-likeness (QED) is 0.0274. The number of benzene rings is 2. The van der Waals surface area contributed by atoms with Gasteiger partial charge in [-0.05, 0) is 55.4 Å². The highest BCUT2D eigenvalue weighted by Gasteiger charge is 2.40. The van der Waals surface area contributed by atoms with E-state index in [9.17, 15) is 57.8 Å².